The van der Waals surface area contributed by atoms with Gasteiger partial charge in [0.15, 0.2) is 5.82 Å². The molecule has 2 aromatic carbocycles. The third-order valence-electron chi connectivity index (χ3n) is 7.94. The number of nitrogens with zero attached hydrogens (tertiary/aromatic N) is 7. The Morgan fingerprint density at radius 3 is 2.52 bits per heavy atom. The number of halogens is 3. The molecule has 1 saturated heterocycles. The Labute approximate surface area is 258 Å². The van der Waals surface area contributed by atoms with Gasteiger partial charge in [-0.15, -0.1) is 0 Å². The molecule has 2 aliphatic rings. The Balaban J connectivity index is 1.36. The van der Waals surface area contributed by atoms with E-state index in [1.807, 2.05) is 45.0 Å². The van der Waals surface area contributed by atoms with Crippen molar-refractivity contribution in [1.82, 2.24) is 40.0 Å². The Bertz CT molecular complexity index is 1710. The molecule has 4 aromatic rings. The number of aliphatic hydroxyl groups is 1. The molecule has 13 heteroatoms. The zero-order valence-corrected chi connectivity index (χ0v) is 25.3. The van der Waals surface area contributed by atoms with Crippen LogP contribution in [0.3, 0.4) is 0 Å². The van der Waals surface area contributed by atoms with Crippen LogP contribution in [0.1, 0.15) is 69.8 Å². The summed E-state index contributed by atoms with van der Waals surface area (Å²) in [5.74, 6) is -0.120. The van der Waals surface area contributed by atoms with Crippen LogP contribution in [0.25, 0.3) is 22.6 Å². The van der Waals surface area contributed by atoms with Gasteiger partial charge >= 0.3 is 6.55 Å². The lowest BCUT2D eigenvalue weighted by atomic mass is 9.75. The van der Waals surface area contributed by atoms with Gasteiger partial charge in [0, 0.05) is 11.1 Å². The number of benzene rings is 2. The second-order valence-corrected chi connectivity index (χ2v) is 12.9. The van der Waals surface area contributed by atoms with Gasteiger partial charge in [-0.2, -0.15) is 33.6 Å². The Kier molecular flexibility index (Phi) is 7.53. The number of carbonyl (C=O) groups is 1. The molecule has 0 spiro atoms. The minimum absolute atomic E-state index is 0.132. The molecule has 1 amide bonds. The minimum Gasteiger partial charge on any atom is -0.394 e. The maximum Gasteiger partial charge on any atom is 0.335 e. The van der Waals surface area contributed by atoms with Crippen LogP contribution in [-0.2, 0) is 10.3 Å². The first-order valence-electron chi connectivity index (χ1n) is 14.3. The normalized spacial score (nSPS) is 19.6. The van der Waals surface area contributed by atoms with E-state index in [4.69, 9.17) is 11.6 Å². The van der Waals surface area contributed by atoms with Crippen molar-refractivity contribution in [3.05, 3.63) is 83.5 Å². The summed E-state index contributed by atoms with van der Waals surface area (Å²) in [6.45, 7) is 6.91. The first-order chi connectivity index (χ1) is 20.9. The van der Waals surface area contributed by atoms with Gasteiger partial charge in [-0.1, -0.05) is 69.3 Å². The van der Waals surface area contributed by atoms with Gasteiger partial charge in [-0.3, -0.25) is 9.69 Å². The van der Waals surface area contributed by atoms with Gasteiger partial charge in [-0.25, -0.2) is 4.98 Å². The van der Waals surface area contributed by atoms with Crippen LogP contribution in [0.15, 0.2) is 67.4 Å². The monoisotopic (exact) mass is 622 g/mol. The summed E-state index contributed by atoms with van der Waals surface area (Å²) >= 11 is 6.40. The molecule has 2 aromatic heterocycles. The molecule has 2 atom stereocenters. The zero-order valence-electron chi connectivity index (χ0n) is 24.6. The highest BCUT2D eigenvalue weighted by molar-refractivity contribution is 6.33. The first kappa shape index (κ1) is 29.9. The van der Waals surface area contributed by atoms with Gasteiger partial charge in [0.25, 0.3) is 5.91 Å². The van der Waals surface area contributed by atoms with Crippen molar-refractivity contribution in [2.75, 3.05) is 6.61 Å². The highest BCUT2D eigenvalue weighted by atomic mass is 35.5. The van der Waals surface area contributed by atoms with E-state index < -0.39 is 24.7 Å². The number of alkyl halides is 2. The lowest BCUT2D eigenvalue weighted by Crippen LogP contribution is -2.47. The molecule has 230 valence electrons. The number of nitrogens with one attached hydrogen (secondary N) is 1. The molecule has 10 nitrogen and oxygen atoms in total. The van der Waals surface area contributed by atoms with Gasteiger partial charge in [0.05, 0.1) is 29.9 Å². The maximum atomic E-state index is 14.6. The van der Waals surface area contributed by atoms with Crippen molar-refractivity contribution in [3.63, 3.8) is 0 Å². The SMILES string of the molecule is C=C1N[C@](CC(C)(C)C)(c2ccc(-c3cnn(C4CC4)n3)cc2)C(=O)N1[C@H](CO)c1ccc(Cl)c(-c2ncnn2C(F)F)c1. The van der Waals surface area contributed by atoms with Crippen molar-refractivity contribution in [1.29, 1.82) is 0 Å². The number of hydrogen-bond acceptors (Lipinski definition) is 7. The van der Waals surface area contributed by atoms with Gasteiger partial charge in [0.2, 0.25) is 0 Å². The number of amides is 1. The standard InChI is InChI=1S/C31H33ClF2N8O2/c1-18-38-31(16-30(2,3)4,21-8-5-19(6-9-21)25-14-36-42(39-25)22-10-11-22)28(44)40(18)26(15-43)20-7-12-24(32)23(13-20)27-35-17-37-41(27)29(33)34/h5-9,12-14,17,22,26,29,38,43H,1,10-11,15-16H2,2-4H3/t26-,31-/m1/s1. The second kappa shape index (κ2) is 11.1. The summed E-state index contributed by atoms with van der Waals surface area (Å²) in [6.07, 6.45) is 5.36. The van der Waals surface area contributed by atoms with Crippen molar-refractivity contribution in [2.24, 2.45) is 5.41 Å². The molecule has 0 bridgehead atoms. The van der Waals surface area contributed by atoms with E-state index in [-0.39, 0.29) is 27.7 Å². The van der Waals surface area contributed by atoms with Crippen LogP contribution in [0.2, 0.25) is 5.02 Å². The molecule has 0 radical (unpaired) electrons. The number of hydrogen-bond donors (Lipinski definition) is 2. The molecule has 6 rings (SSSR count). The number of carbonyl (C=O) groups excluding carboxylic acids is 1. The Morgan fingerprint density at radius 2 is 1.89 bits per heavy atom. The van der Waals surface area contributed by atoms with Gasteiger partial charge in [-0.05, 0) is 47.9 Å². The van der Waals surface area contributed by atoms with Crippen LogP contribution in [0, 0.1) is 5.41 Å². The molecule has 0 unspecified atom stereocenters. The Morgan fingerprint density at radius 1 is 1.16 bits per heavy atom. The topological polar surface area (TPSA) is 114 Å². The quantitative estimate of drug-likeness (QED) is 0.240. The first-order valence-corrected chi connectivity index (χ1v) is 14.7. The van der Waals surface area contributed by atoms with E-state index in [2.05, 4.69) is 32.2 Å². The summed E-state index contributed by atoms with van der Waals surface area (Å²) in [7, 11) is 0. The minimum atomic E-state index is -2.93. The summed E-state index contributed by atoms with van der Waals surface area (Å²) in [4.78, 5) is 21.7. The van der Waals surface area contributed by atoms with E-state index in [0.29, 0.717) is 28.5 Å². The second-order valence-electron chi connectivity index (χ2n) is 12.5. The van der Waals surface area contributed by atoms with Crippen molar-refractivity contribution in [2.45, 2.75) is 64.2 Å². The highest BCUT2D eigenvalue weighted by Crippen LogP contribution is 2.45. The van der Waals surface area contributed by atoms with E-state index in [1.165, 1.54) is 11.0 Å². The molecule has 1 saturated carbocycles. The highest BCUT2D eigenvalue weighted by Gasteiger charge is 2.53. The number of rotatable bonds is 9. The predicted molar refractivity (Wildman–Crippen MR) is 160 cm³/mol. The fourth-order valence-corrected chi connectivity index (χ4v) is 6.09. The number of aliphatic hydroxyl groups excluding tert-OH is 1. The third kappa shape index (κ3) is 5.36. The molecule has 3 heterocycles. The molecule has 1 aliphatic heterocycles. The van der Waals surface area contributed by atoms with Crippen LogP contribution in [0.4, 0.5) is 8.78 Å². The van der Waals surface area contributed by atoms with Crippen molar-refractivity contribution >= 4 is 17.5 Å². The van der Waals surface area contributed by atoms with Crippen LogP contribution in [0.5, 0.6) is 0 Å². The number of aromatic nitrogens is 6. The molecular formula is C31H33ClF2N8O2. The Hall–Kier alpha value is -4.16. The lowest BCUT2D eigenvalue weighted by Gasteiger charge is -2.35. The summed E-state index contributed by atoms with van der Waals surface area (Å²) in [5.41, 5.74) is 1.56. The van der Waals surface area contributed by atoms with Crippen molar-refractivity contribution < 1.29 is 18.7 Å². The van der Waals surface area contributed by atoms with Crippen molar-refractivity contribution in [3.8, 4) is 22.6 Å². The summed E-state index contributed by atoms with van der Waals surface area (Å²) < 4.78 is 27.6. The maximum absolute atomic E-state index is 14.6. The smallest absolute Gasteiger partial charge is 0.335 e. The molecule has 2 N–H and O–H groups in total. The molecule has 2 fully saturated rings. The fourth-order valence-electron chi connectivity index (χ4n) is 5.89. The molecular weight excluding hydrogens is 590 g/mol. The zero-order chi connectivity index (χ0) is 31.4. The fraction of sp³-hybridized carbons (Fsp3) is 0.387. The van der Waals surface area contributed by atoms with E-state index >= 15 is 0 Å². The average molecular weight is 623 g/mol. The third-order valence-corrected chi connectivity index (χ3v) is 8.27. The van der Waals surface area contributed by atoms with E-state index in [9.17, 15) is 18.7 Å². The lowest BCUT2D eigenvalue weighted by molar-refractivity contribution is -0.135. The van der Waals surface area contributed by atoms with Gasteiger partial charge < -0.3 is 10.4 Å². The summed E-state index contributed by atoms with van der Waals surface area (Å²) in [5, 5.41) is 26.8. The van der Waals surface area contributed by atoms with Crippen LogP contribution >= 0.6 is 11.6 Å². The molecule has 44 heavy (non-hydrogen) atoms. The van der Waals surface area contributed by atoms with E-state index in [1.54, 1.807) is 23.1 Å². The van der Waals surface area contributed by atoms with Crippen LogP contribution < -0.4 is 5.32 Å². The van der Waals surface area contributed by atoms with Gasteiger partial charge in [0.1, 0.15) is 23.4 Å². The average Bonchev–Trinajstić information content (AvgIpc) is 3.40. The predicted octanol–water partition coefficient (Wildman–Crippen LogP) is 5.86. The largest absolute Gasteiger partial charge is 0.394 e. The van der Waals surface area contributed by atoms with E-state index in [0.717, 1.165) is 36.0 Å². The summed E-state index contributed by atoms with van der Waals surface area (Å²) in [6, 6.07) is 11.9. The molecule has 1 aliphatic carbocycles. The van der Waals surface area contributed by atoms with Crippen LogP contribution in [-0.4, -0.2) is 52.3 Å².